The predicted octanol–water partition coefficient (Wildman–Crippen LogP) is 3.92. The Morgan fingerprint density at radius 3 is 2.54 bits per heavy atom. The molecule has 0 unspecified atom stereocenters. The van der Waals surface area contributed by atoms with Gasteiger partial charge in [-0.2, -0.15) is 0 Å². The molecule has 0 spiro atoms. The van der Waals surface area contributed by atoms with Gasteiger partial charge < -0.3 is 14.4 Å². The summed E-state index contributed by atoms with van der Waals surface area (Å²) >= 11 is 0. The summed E-state index contributed by atoms with van der Waals surface area (Å²) in [6, 6.07) is 7.61. The first kappa shape index (κ1) is 21.7. The monoisotopic (exact) mass is 361 g/mol. The molecule has 5 nitrogen and oxygen atoms in total. The van der Waals surface area contributed by atoms with Gasteiger partial charge in [-0.05, 0) is 50.5 Å². The van der Waals surface area contributed by atoms with Crippen LogP contribution < -0.4 is 4.74 Å². The SMILES string of the molecule is CCOC(=O)CCN(CC(C)C)C(=O)/C=C/c1cccc(OC(C)C)c1. The Kier molecular flexibility index (Phi) is 9.48. The summed E-state index contributed by atoms with van der Waals surface area (Å²) in [7, 11) is 0. The van der Waals surface area contributed by atoms with Gasteiger partial charge in [-0.15, -0.1) is 0 Å². The first-order valence-corrected chi connectivity index (χ1v) is 9.21. The van der Waals surface area contributed by atoms with Gasteiger partial charge in [0.2, 0.25) is 5.91 Å². The van der Waals surface area contributed by atoms with E-state index in [4.69, 9.17) is 9.47 Å². The van der Waals surface area contributed by atoms with E-state index >= 15 is 0 Å². The number of carbonyl (C=O) groups is 2. The topological polar surface area (TPSA) is 55.8 Å². The van der Waals surface area contributed by atoms with Crippen molar-refractivity contribution in [2.75, 3.05) is 19.7 Å². The summed E-state index contributed by atoms with van der Waals surface area (Å²) in [6.45, 7) is 11.1. The van der Waals surface area contributed by atoms with Crippen molar-refractivity contribution in [2.24, 2.45) is 5.92 Å². The van der Waals surface area contributed by atoms with Gasteiger partial charge in [0.05, 0.1) is 19.1 Å². The molecule has 0 atom stereocenters. The summed E-state index contributed by atoms with van der Waals surface area (Å²) < 4.78 is 10.6. The highest BCUT2D eigenvalue weighted by molar-refractivity contribution is 5.92. The fraction of sp³-hybridized carbons (Fsp3) is 0.524. The molecule has 0 radical (unpaired) electrons. The second-order valence-corrected chi connectivity index (χ2v) is 6.81. The lowest BCUT2D eigenvalue weighted by atomic mass is 10.1. The largest absolute Gasteiger partial charge is 0.491 e. The lowest BCUT2D eigenvalue weighted by Gasteiger charge is -2.23. The van der Waals surface area contributed by atoms with Gasteiger partial charge in [-0.25, -0.2) is 0 Å². The Labute approximate surface area is 157 Å². The van der Waals surface area contributed by atoms with E-state index in [2.05, 4.69) is 0 Å². The van der Waals surface area contributed by atoms with Gasteiger partial charge in [0.15, 0.2) is 0 Å². The standard InChI is InChI=1S/C21H31NO4/c1-6-25-21(24)12-13-22(15-16(2)3)20(23)11-10-18-8-7-9-19(14-18)26-17(4)5/h7-11,14,16-17H,6,12-13,15H2,1-5H3/b11-10+. The van der Waals surface area contributed by atoms with Crippen LogP contribution in [0.2, 0.25) is 0 Å². The lowest BCUT2D eigenvalue weighted by molar-refractivity contribution is -0.143. The molecule has 5 heteroatoms. The molecular weight excluding hydrogens is 330 g/mol. The molecule has 0 saturated heterocycles. The third-order valence-corrected chi connectivity index (χ3v) is 3.44. The second-order valence-electron chi connectivity index (χ2n) is 6.81. The Hall–Kier alpha value is -2.30. The molecule has 1 aromatic rings. The second kappa shape index (κ2) is 11.3. The number of hydrogen-bond acceptors (Lipinski definition) is 4. The Morgan fingerprint density at radius 1 is 1.19 bits per heavy atom. The molecule has 144 valence electrons. The highest BCUT2D eigenvalue weighted by Gasteiger charge is 2.14. The number of esters is 1. The number of hydrogen-bond donors (Lipinski definition) is 0. The van der Waals surface area contributed by atoms with Crippen molar-refractivity contribution in [3.8, 4) is 5.75 Å². The molecule has 0 fully saturated rings. The summed E-state index contributed by atoms with van der Waals surface area (Å²) in [5, 5.41) is 0. The van der Waals surface area contributed by atoms with Crippen molar-refractivity contribution >= 4 is 18.0 Å². The minimum atomic E-state index is -0.281. The zero-order chi connectivity index (χ0) is 19.5. The predicted molar refractivity (Wildman–Crippen MR) is 104 cm³/mol. The molecule has 0 aliphatic heterocycles. The van der Waals surface area contributed by atoms with Crippen LogP contribution in [0.4, 0.5) is 0 Å². The summed E-state index contributed by atoms with van der Waals surface area (Å²) in [6.07, 6.45) is 3.62. The van der Waals surface area contributed by atoms with E-state index in [0.29, 0.717) is 25.6 Å². The molecule has 0 aliphatic carbocycles. The first-order chi connectivity index (χ1) is 12.3. The van der Waals surface area contributed by atoms with Crippen LogP contribution >= 0.6 is 0 Å². The third kappa shape index (κ3) is 8.70. The lowest BCUT2D eigenvalue weighted by Crippen LogP contribution is -2.35. The molecule has 0 aromatic heterocycles. The molecule has 0 bridgehead atoms. The molecule has 1 aromatic carbocycles. The van der Waals surface area contributed by atoms with Gasteiger partial charge in [0.25, 0.3) is 0 Å². The number of carbonyl (C=O) groups excluding carboxylic acids is 2. The van der Waals surface area contributed by atoms with Gasteiger partial charge >= 0.3 is 5.97 Å². The van der Waals surface area contributed by atoms with E-state index in [0.717, 1.165) is 11.3 Å². The molecule has 0 saturated carbocycles. The van der Waals surface area contributed by atoms with Crippen molar-refractivity contribution in [2.45, 2.75) is 47.1 Å². The van der Waals surface area contributed by atoms with E-state index in [9.17, 15) is 9.59 Å². The van der Waals surface area contributed by atoms with Gasteiger partial charge in [-0.3, -0.25) is 9.59 Å². The fourth-order valence-corrected chi connectivity index (χ4v) is 2.43. The summed E-state index contributed by atoms with van der Waals surface area (Å²) in [5.74, 6) is 0.697. The van der Waals surface area contributed by atoms with Crippen LogP contribution in [0.25, 0.3) is 6.08 Å². The first-order valence-electron chi connectivity index (χ1n) is 9.21. The zero-order valence-electron chi connectivity index (χ0n) is 16.5. The average Bonchev–Trinajstić information content (AvgIpc) is 2.56. The molecule has 1 amide bonds. The van der Waals surface area contributed by atoms with Crippen LogP contribution in [0.1, 0.15) is 46.6 Å². The van der Waals surface area contributed by atoms with Crippen LogP contribution in [-0.4, -0.2) is 42.6 Å². The maximum Gasteiger partial charge on any atom is 0.307 e. The smallest absolute Gasteiger partial charge is 0.307 e. The Bertz CT molecular complexity index is 608. The maximum absolute atomic E-state index is 12.5. The maximum atomic E-state index is 12.5. The van der Waals surface area contributed by atoms with E-state index < -0.39 is 0 Å². The number of rotatable bonds is 10. The zero-order valence-corrected chi connectivity index (χ0v) is 16.5. The van der Waals surface area contributed by atoms with Crippen LogP contribution in [0.3, 0.4) is 0 Å². The van der Waals surface area contributed by atoms with Crippen LogP contribution in [0, 0.1) is 5.92 Å². The molecule has 1 rings (SSSR count). The Morgan fingerprint density at radius 2 is 1.92 bits per heavy atom. The van der Waals surface area contributed by atoms with Crippen molar-refractivity contribution in [1.82, 2.24) is 4.90 Å². The van der Waals surface area contributed by atoms with Crippen molar-refractivity contribution in [3.63, 3.8) is 0 Å². The van der Waals surface area contributed by atoms with E-state index in [-0.39, 0.29) is 24.4 Å². The van der Waals surface area contributed by atoms with Gasteiger partial charge in [0.1, 0.15) is 5.75 Å². The summed E-state index contributed by atoms with van der Waals surface area (Å²) in [5.41, 5.74) is 0.895. The van der Waals surface area contributed by atoms with Crippen molar-refractivity contribution in [3.05, 3.63) is 35.9 Å². The minimum Gasteiger partial charge on any atom is -0.491 e. The molecule has 0 N–H and O–H groups in total. The van der Waals surface area contributed by atoms with E-state index in [1.54, 1.807) is 24.0 Å². The van der Waals surface area contributed by atoms with E-state index in [1.165, 1.54) is 0 Å². The Balaban J connectivity index is 2.75. The van der Waals surface area contributed by atoms with Crippen molar-refractivity contribution < 1.29 is 19.1 Å². The highest BCUT2D eigenvalue weighted by atomic mass is 16.5. The van der Waals surface area contributed by atoms with Crippen molar-refractivity contribution in [1.29, 1.82) is 0 Å². The van der Waals surface area contributed by atoms with Gasteiger partial charge in [0, 0.05) is 19.2 Å². The van der Waals surface area contributed by atoms with Crippen LogP contribution in [0.15, 0.2) is 30.3 Å². The number of amides is 1. The third-order valence-electron chi connectivity index (χ3n) is 3.44. The van der Waals surface area contributed by atoms with E-state index in [1.807, 2.05) is 52.0 Å². The molecule has 26 heavy (non-hydrogen) atoms. The molecule has 0 aliphatic rings. The minimum absolute atomic E-state index is 0.0975. The normalized spacial score (nSPS) is 11.2. The highest BCUT2D eigenvalue weighted by Crippen LogP contribution is 2.16. The van der Waals surface area contributed by atoms with Gasteiger partial charge in [-0.1, -0.05) is 26.0 Å². The quantitative estimate of drug-likeness (QED) is 0.468. The molecular formula is C21H31NO4. The average molecular weight is 361 g/mol. The van der Waals surface area contributed by atoms with Crippen LogP contribution in [0.5, 0.6) is 5.75 Å². The van der Waals surface area contributed by atoms with Crippen LogP contribution in [-0.2, 0) is 14.3 Å². The molecule has 0 heterocycles. The number of nitrogens with zero attached hydrogens (tertiary/aromatic N) is 1. The fourth-order valence-electron chi connectivity index (χ4n) is 2.43. The number of ether oxygens (including phenoxy) is 2. The summed E-state index contributed by atoms with van der Waals surface area (Å²) in [4.78, 5) is 25.8. The number of benzene rings is 1.